The van der Waals surface area contributed by atoms with Crippen molar-refractivity contribution in [2.75, 3.05) is 19.6 Å². The van der Waals surface area contributed by atoms with Crippen LogP contribution in [0.2, 0.25) is 0 Å². The third-order valence-corrected chi connectivity index (χ3v) is 3.65. The Balaban J connectivity index is 0.00000200. The van der Waals surface area contributed by atoms with Crippen molar-refractivity contribution in [1.82, 2.24) is 20.0 Å². The lowest BCUT2D eigenvalue weighted by atomic mass is 10.2. The van der Waals surface area contributed by atoms with E-state index in [0.717, 1.165) is 43.9 Å². The lowest BCUT2D eigenvalue weighted by molar-refractivity contribution is -0.134. The molecule has 5 nitrogen and oxygen atoms in total. The second kappa shape index (κ2) is 9.28. The van der Waals surface area contributed by atoms with Crippen LogP contribution in [0, 0.1) is 13.8 Å². The smallest absolute Gasteiger partial charge is 0.244 e. The van der Waals surface area contributed by atoms with Crippen LogP contribution in [0.4, 0.5) is 0 Å². The van der Waals surface area contributed by atoms with Gasteiger partial charge in [0, 0.05) is 24.8 Å². The first kappa shape index (κ1) is 20.2. The Morgan fingerprint density at radius 3 is 2.67 bits per heavy atom. The summed E-state index contributed by atoms with van der Waals surface area (Å²) in [5, 5.41) is 7.70. The van der Waals surface area contributed by atoms with Crippen LogP contribution >= 0.6 is 24.8 Å². The average molecular weight is 337 g/mol. The van der Waals surface area contributed by atoms with Gasteiger partial charge in [-0.3, -0.25) is 9.48 Å². The number of nitrogens with one attached hydrogen (secondary N) is 1. The van der Waals surface area contributed by atoms with Crippen LogP contribution in [0.5, 0.6) is 0 Å². The molecule has 1 fully saturated rings. The molecule has 122 valence electrons. The van der Waals surface area contributed by atoms with E-state index in [1.807, 2.05) is 29.5 Å². The SMILES string of the molecule is CCCN(C(=O)Cn1nc(C)cc1C)C1CCNC1.Cl.Cl. The Morgan fingerprint density at radius 2 is 2.19 bits per heavy atom. The summed E-state index contributed by atoms with van der Waals surface area (Å²) in [6.45, 7) is 9.20. The van der Waals surface area contributed by atoms with Gasteiger partial charge in [-0.25, -0.2) is 0 Å². The standard InChI is InChI=1S/C14H24N4O.2ClH/c1-4-7-17(13-5-6-15-9-13)14(19)10-18-12(3)8-11(2)16-18;;/h8,13,15H,4-7,9-10H2,1-3H3;2*1H. The molecule has 1 aliphatic heterocycles. The van der Waals surface area contributed by atoms with Crippen molar-refractivity contribution < 1.29 is 4.79 Å². The van der Waals surface area contributed by atoms with E-state index in [-0.39, 0.29) is 30.7 Å². The molecular formula is C14H26Cl2N4O. The van der Waals surface area contributed by atoms with Gasteiger partial charge in [0.05, 0.1) is 5.69 Å². The molecule has 0 spiro atoms. The molecule has 1 unspecified atom stereocenters. The Morgan fingerprint density at radius 1 is 1.48 bits per heavy atom. The Labute approximate surface area is 139 Å². The molecule has 1 amide bonds. The maximum Gasteiger partial charge on any atom is 0.244 e. The fraction of sp³-hybridized carbons (Fsp3) is 0.714. The summed E-state index contributed by atoms with van der Waals surface area (Å²) in [7, 11) is 0. The molecule has 1 saturated heterocycles. The molecule has 0 bridgehead atoms. The lowest BCUT2D eigenvalue weighted by Crippen LogP contribution is -2.43. The largest absolute Gasteiger partial charge is 0.337 e. The van der Waals surface area contributed by atoms with Crippen LogP contribution in [0.15, 0.2) is 6.07 Å². The van der Waals surface area contributed by atoms with Crippen LogP contribution in [-0.2, 0) is 11.3 Å². The zero-order valence-electron chi connectivity index (χ0n) is 13.0. The third-order valence-electron chi connectivity index (χ3n) is 3.65. The predicted octanol–water partition coefficient (Wildman–Crippen LogP) is 1.94. The van der Waals surface area contributed by atoms with Crippen LogP contribution in [0.25, 0.3) is 0 Å². The van der Waals surface area contributed by atoms with Gasteiger partial charge in [-0.1, -0.05) is 6.92 Å². The summed E-state index contributed by atoms with van der Waals surface area (Å²) >= 11 is 0. The molecule has 1 aromatic rings. The van der Waals surface area contributed by atoms with E-state index >= 15 is 0 Å². The van der Waals surface area contributed by atoms with Gasteiger partial charge in [0.15, 0.2) is 0 Å². The number of halogens is 2. The van der Waals surface area contributed by atoms with Gasteiger partial charge < -0.3 is 10.2 Å². The van der Waals surface area contributed by atoms with E-state index in [4.69, 9.17) is 0 Å². The van der Waals surface area contributed by atoms with E-state index in [9.17, 15) is 4.79 Å². The number of aryl methyl sites for hydroxylation is 2. The molecule has 0 aromatic carbocycles. The molecule has 2 heterocycles. The number of aromatic nitrogens is 2. The normalized spacial score (nSPS) is 17.0. The van der Waals surface area contributed by atoms with Crippen molar-refractivity contribution in [3.8, 4) is 0 Å². The third kappa shape index (κ3) is 5.16. The van der Waals surface area contributed by atoms with Gasteiger partial charge in [0.2, 0.25) is 5.91 Å². The van der Waals surface area contributed by atoms with E-state index < -0.39 is 0 Å². The number of amides is 1. The van der Waals surface area contributed by atoms with Crippen molar-refractivity contribution in [2.24, 2.45) is 0 Å². The zero-order chi connectivity index (χ0) is 13.8. The molecule has 1 aliphatic rings. The highest BCUT2D eigenvalue weighted by Crippen LogP contribution is 2.11. The van der Waals surface area contributed by atoms with Gasteiger partial charge in [0.25, 0.3) is 0 Å². The van der Waals surface area contributed by atoms with E-state index in [1.54, 1.807) is 0 Å². The van der Waals surface area contributed by atoms with E-state index in [0.29, 0.717) is 12.6 Å². The number of carbonyl (C=O) groups excluding carboxylic acids is 1. The van der Waals surface area contributed by atoms with Gasteiger partial charge in [-0.15, -0.1) is 24.8 Å². The second-order valence-electron chi connectivity index (χ2n) is 5.32. The minimum absolute atomic E-state index is 0. The number of hydrogen-bond donors (Lipinski definition) is 1. The van der Waals surface area contributed by atoms with Gasteiger partial charge in [-0.2, -0.15) is 5.10 Å². The van der Waals surface area contributed by atoms with Gasteiger partial charge in [0.1, 0.15) is 6.54 Å². The predicted molar refractivity (Wildman–Crippen MR) is 89.5 cm³/mol. The van der Waals surface area contributed by atoms with Crippen molar-refractivity contribution in [2.45, 2.75) is 46.2 Å². The molecule has 7 heteroatoms. The minimum Gasteiger partial charge on any atom is -0.337 e. The van der Waals surface area contributed by atoms with Crippen LogP contribution in [0.3, 0.4) is 0 Å². The first-order chi connectivity index (χ1) is 9.11. The molecule has 1 N–H and O–H groups in total. The number of nitrogens with zero attached hydrogens (tertiary/aromatic N) is 3. The average Bonchev–Trinajstić information content (AvgIpc) is 2.97. The fourth-order valence-electron chi connectivity index (χ4n) is 2.71. The lowest BCUT2D eigenvalue weighted by Gasteiger charge is -2.28. The highest BCUT2D eigenvalue weighted by Gasteiger charge is 2.26. The highest BCUT2D eigenvalue weighted by atomic mass is 35.5. The molecule has 2 rings (SSSR count). The maximum absolute atomic E-state index is 12.5. The highest BCUT2D eigenvalue weighted by molar-refractivity contribution is 5.85. The minimum atomic E-state index is 0. The van der Waals surface area contributed by atoms with Gasteiger partial charge in [-0.05, 0) is 39.3 Å². The van der Waals surface area contributed by atoms with Crippen molar-refractivity contribution in [3.63, 3.8) is 0 Å². The topological polar surface area (TPSA) is 50.2 Å². The summed E-state index contributed by atoms with van der Waals surface area (Å²) in [4.78, 5) is 14.5. The van der Waals surface area contributed by atoms with Crippen LogP contribution < -0.4 is 5.32 Å². The van der Waals surface area contributed by atoms with Crippen molar-refractivity contribution in [3.05, 3.63) is 17.5 Å². The fourth-order valence-corrected chi connectivity index (χ4v) is 2.71. The Bertz CT molecular complexity index is 444. The molecule has 1 atom stereocenters. The Hall–Kier alpha value is -0.780. The first-order valence-corrected chi connectivity index (χ1v) is 7.13. The summed E-state index contributed by atoms with van der Waals surface area (Å²) in [6, 6.07) is 2.36. The van der Waals surface area contributed by atoms with E-state index in [2.05, 4.69) is 17.3 Å². The van der Waals surface area contributed by atoms with Gasteiger partial charge >= 0.3 is 0 Å². The molecule has 0 saturated carbocycles. The van der Waals surface area contributed by atoms with Crippen LogP contribution in [0.1, 0.15) is 31.2 Å². The van der Waals surface area contributed by atoms with Crippen LogP contribution in [-0.4, -0.2) is 46.3 Å². The Kier molecular flexibility index (Phi) is 8.94. The molecule has 0 aliphatic carbocycles. The molecule has 0 radical (unpaired) electrons. The maximum atomic E-state index is 12.5. The summed E-state index contributed by atoms with van der Waals surface area (Å²) in [5.41, 5.74) is 2.02. The number of rotatable bonds is 5. The summed E-state index contributed by atoms with van der Waals surface area (Å²) in [6.07, 6.45) is 2.06. The molecule has 1 aromatic heterocycles. The quantitative estimate of drug-likeness (QED) is 0.893. The second-order valence-corrected chi connectivity index (χ2v) is 5.32. The monoisotopic (exact) mass is 336 g/mol. The molecular weight excluding hydrogens is 311 g/mol. The zero-order valence-corrected chi connectivity index (χ0v) is 14.6. The molecule has 21 heavy (non-hydrogen) atoms. The number of hydrogen-bond acceptors (Lipinski definition) is 3. The number of carbonyl (C=O) groups is 1. The first-order valence-electron chi connectivity index (χ1n) is 7.13. The van der Waals surface area contributed by atoms with E-state index in [1.165, 1.54) is 0 Å². The summed E-state index contributed by atoms with van der Waals surface area (Å²) < 4.78 is 1.81. The van der Waals surface area contributed by atoms with Crippen molar-refractivity contribution in [1.29, 1.82) is 0 Å². The summed E-state index contributed by atoms with van der Waals surface area (Å²) in [5.74, 6) is 0.182. The van der Waals surface area contributed by atoms with Crippen molar-refractivity contribution >= 4 is 30.7 Å².